The summed E-state index contributed by atoms with van der Waals surface area (Å²) < 4.78 is 5.15. The van der Waals surface area contributed by atoms with Crippen LogP contribution in [0.15, 0.2) is 36.5 Å². The average molecular weight is 277 g/mol. The van der Waals surface area contributed by atoms with Crippen LogP contribution in [0.1, 0.15) is 18.2 Å². The number of carbonyl (C=O) groups is 1. The molecule has 0 saturated heterocycles. The zero-order valence-corrected chi connectivity index (χ0v) is 11.5. The molecule has 0 atom stereocenters. The molecule has 0 unspecified atom stereocenters. The number of ether oxygens (including phenoxy) is 1. The van der Waals surface area contributed by atoms with Gasteiger partial charge in [0, 0.05) is 0 Å². The molecule has 0 N–H and O–H groups in total. The van der Waals surface area contributed by atoms with Gasteiger partial charge >= 0.3 is 5.30 Å². The van der Waals surface area contributed by atoms with Crippen molar-refractivity contribution in [3.63, 3.8) is 0 Å². The summed E-state index contributed by atoms with van der Waals surface area (Å²) in [5.41, 5.74) is 1.76. The smallest absolute Gasteiger partial charge is 0.368 e. The summed E-state index contributed by atoms with van der Waals surface area (Å²) in [6, 6.07) is 9.60. The van der Waals surface area contributed by atoms with Crippen LogP contribution in [0.25, 0.3) is 0 Å². The average Bonchev–Trinajstić information content (AvgIpc) is 2.92. The molecule has 1 heterocycles. The number of hydrogen-bond acceptors (Lipinski definition) is 5. The Kier molecular flexibility index (Phi) is 4.97. The van der Waals surface area contributed by atoms with E-state index in [1.807, 2.05) is 37.3 Å². The van der Waals surface area contributed by atoms with Gasteiger partial charge in [0.25, 0.3) is 0 Å². The normalized spacial score (nSPS) is 10.4. The fraction of sp³-hybridized carbons (Fsp3) is 0.308. The van der Waals surface area contributed by atoms with Crippen molar-refractivity contribution in [2.24, 2.45) is 0 Å². The van der Waals surface area contributed by atoms with E-state index in [0.29, 0.717) is 12.4 Å². The van der Waals surface area contributed by atoms with E-state index in [4.69, 9.17) is 4.74 Å². The Morgan fingerprint density at radius 1 is 1.37 bits per heavy atom. The fourth-order valence-corrected chi connectivity index (χ4v) is 1.98. The maximum absolute atomic E-state index is 11.6. The number of aromatic nitrogens is 3. The Morgan fingerprint density at radius 2 is 2.16 bits per heavy atom. The van der Waals surface area contributed by atoms with Gasteiger partial charge in [-0.25, -0.2) is 4.79 Å². The van der Waals surface area contributed by atoms with Crippen LogP contribution in [-0.2, 0) is 23.6 Å². The molecule has 0 fully saturated rings. The van der Waals surface area contributed by atoms with E-state index >= 15 is 0 Å². The molecule has 0 spiro atoms. The highest BCUT2D eigenvalue weighted by atomic mass is 32.2. The van der Waals surface area contributed by atoms with Crippen molar-refractivity contribution >= 4 is 17.1 Å². The fourth-order valence-electron chi connectivity index (χ4n) is 1.44. The van der Waals surface area contributed by atoms with Crippen molar-refractivity contribution < 1.29 is 9.53 Å². The van der Waals surface area contributed by atoms with Crippen molar-refractivity contribution in [3.8, 4) is 0 Å². The van der Waals surface area contributed by atoms with Crippen LogP contribution in [0.3, 0.4) is 0 Å². The first-order valence-corrected chi connectivity index (χ1v) is 6.99. The topological polar surface area (TPSA) is 57.0 Å². The molecular weight excluding hydrogens is 262 g/mol. The second kappa shape index (κ2) is 6.94. The monoisotopic (exact) mass is 277 g/mol. The Balaban J connectivity index is 1.73. The highest BCUT2D eigenvalue weighted by Crippen LogP contribution is 2.13. The SMILES string of the molecule is CCn1ncc(CSC(=O)OCc2ccccc2)n1. The summed E-state index contributed by atoms with van der Waals surface area (Å²) in [7, 11) is 0. The number of benzene rings is 1. The molecule has 100 valence electrons. The molecule has 1 aromatic heterocycles. The number of carbonyl (C=O) groups excluding carboxylic acids is 1. The van der Waals surface area contributed by atoms with E-state index in [1.165, 1.54) is 0 Å². The summed E-state index contributed by atoms with van der Waals surface area (Å²) in [5.74, 6) is 0.480. The number of thioether (sulfide) groups is 1. The summed E-state index contributed by atoms with van der Waals surface area (Å²) in [5, 5.41) is 7.95. The van der Waals surface area contributed by atoms with E-state index in [2.05, 4.69) is 10.2 Å². The van der Waals surface area contributed by atoms with Gasteiger partial charge in [0.05, 0.1) is 24.2 Å². The minimum Gasteiger partial charge on any atom is -0.453 e. The van der Waals surface area contributed by atoms with Gasteiger partial charge in [-0.2, -0.15) is 15.0 Å². The molecule has 0 amide bonds. The van der Waals surface area contributed by atoms with Gasteiger partial charge in [0.2, 0.25) is 0 Å². The Hall–Kier alpha value is -1.82. The molecule has 1 aromatic carbocycles. The van der Waals surface area contributed by atoms with Crippen LogP contribution in [0, 0.1) is 0 Å². The van der Waals surface area contributed by atoms with Crippen molar-refractivity contribution in [1.29, 1.82) is 0 Å². The molecular formula is C13H15N3O2S. The number of aryl methyl sites for hydroxylation is 1. The van der Waals surface area contributed by atoms with Crippen molar-refractivity contribution in [3.05, 3.63) is 47.8 Å². The van der Waals surface area contributed by atoms with Crippen LogP contribution in [0.2, 0.25) is 0 Å². The first kappa shape index (κ1) is 13.6. The van der Waals surface area contributed by atoms with E-state index in [0.717, 1.165) is 29.6 Å². The molecule has 0 saturated carbocycles. The van der Waals surface area contributed by atoms with Gasteiger partial charge in [-0.3, -0.25) is 0 Å². The Morgan fingerprint density at radius 3 is 2.84 bits per heavy atom. The highest BCUT2D eigenvalue weighted by Gasteiger charge is 2.07. The second-order valence-corrected chi connectivity index (χ2v) is 4.75. The quantitative estimate of drug-likeness (QED) is 0.786. The standard InChI is InChI=1S/C13H15N3O2S/c1-2-16-14-8-12(15-16)10-19-13(17)18-9-11-6-4-3-5-7-11/h3-8H,2,9-10H2,1H3. The van der Waals surface area contributed by atoms with E-state index in [9.17, 15) is 4.79 Å². The second-order valence-electron chi connectivity index (χ2n) is 3.84. The maximum Gasteiger partial charge on any atom is 0.368 e. The van der Waals surface area contributed by atoms with Crippen molar-refractivity contribution in [2.45, 2.75) is 25.8 Å². The molecule has 0 aliphatic carbocycles. The lowest BCUT2D eigenvalue weighted by Gasteiger charge is -2.03. The van der Waals surface area contributed by atoms with Gasteiger partial charge in [0.15, 0.2) is 0 Å². The van der Waals surface area contributed by atoms with Gasteiger partial charge in [0.1, 0.15) is 6.61 Å². The molecule has 5 nitrogen and oxygen atoms in total. The largest absolute Gasteiger partial charge is 0.453 e. The summed E-state index contributed by atoms with van der Waals surface area (Å²) in [6.07, 6.45) is 1.67. The third-order valence-electron chi connectivity index (χ3n) is 2.40. The van der Waals surface area contributed by atoms with Crippen LogP contribution in [0.5, 0.6) is 0 Å². The zero-order valence-electron chi connectivity index (χ0n) is 10.7. The van der Waals surface area contributed by atoms with Crippen LogP contribution in [0.4, 0.5) is 4.79 Å². The number of rotatable bonds is 5. The predicted octanol–water partition coefficient (Wildman–Crippen LogP) is 2.87. The lowest BCUT2D eigenvalue weighted by atomic mass is 10.2. The van der Waals surface area contributed by atoms with E-state index < -0.39 is 0 Å². The number of nitrogens with zero attached hydrogens (tertiary/aromatic N) is 3. The molecule has 0 aliphatic rings. The van der Waals surface area contributed by atoms with Crippen molar-refractivity contribution in [2.75, 3.05) is 0 Å². The van der Waals surface area contributed by atoms with Gasteiger partial charge in [-0.15, -0.1) is 0 Å². The van der Waals surface area contributed by atoms with E-state index in [-0.39, 0.29) is 5.30 Å². The minimum absolute atomic E-state index is 0.296. The van der Waals surface area contributed by atoms with Gasteiger partial charge in [-0.05, 0) is 24.2 Å². The predicted molar refractivity (Wildman–Crippen MR) is 73.6 cm³/mol. The Bertz CT molecular complexity index is 528. The molecule has 0 radical (unpaired) electrons. The van der Waals surface area contributed by atoms with Gasteiger partial charge in [-0.1, -0.05) is 30.3 Å². The van der Waals surface area contributed by atoms with Gasteiger partial charge < -0.3 is 4.74 Å². The zero-order chi connectivity index (χ0) is 13.5. The Labute approximate surface area is 116 Å². The summed E-state index contributed by atoms with van der Waals surface area (Å²) in [4.78, 5) is 13.1. The highest BCUT2D eigenvalue weighted by molar-refractivity contribution is 8.12. The number of hydrogen-bond donors (Lipinski definition) is 0. The lowest BCUT2D eigenvalue weighted by Crippen LogP contribution is -2.00. The van der Waals surface area contributed by atoms with Crippen LogP contribution < -0.4 is 0 Å². The third-order valence-corrected chi connectivity index (χ3v) is 3.20. The molecule has 0 aliphatic heterocycles. The van der Waals surface area contributed by atoms with Crippen molar-refractivity contribution in [1.82, 2.24) is 15.0 Å². The maximum atomic E-state index is 11.6. The minimum atomic E-state index is -0.296. The molecule has 19 heavy (non-hydrogen) atoms. The first-order valence-electron chi connectivity index (χ1n) is 6.00. The molecule has 6 heteroatoms. The van der Waals surface area contributed by atoms with Crippen LogP contribution in [-0.4, -0.2) is 20.3 Å². The lowest BCUT2D eigenvalue weighted by molar-refractivity contribution is 0.168. The van der Waals surface area contributed by atoms with E-state index in [1.54, 1.807) is 11.0 Å². The molecule has 2 rings (SSSR count). The molecule has 2 aromatic rings. The first-order chi connectivity index (χ1) is 9.28. The van der Waals surface area contributed by atoms with Crippen LogP contribution >= 0.6 is 11.8 Å². The summed E-state index contributed by atoms with van der Waals surface area (Å²) >= 11 is 1.10. The third kappa shape index (κ3) is 4.40. The molecule has 0 bridgehead atoms. The summed E-state index contributed by atoms with van der Waals surface area (Å²) in [6.45, 7) is 2.99.